The van der Waals surface area contributed by atoms with Crippen molar-refractivity contribution in [1.29, 1.82) is 0 Å². The Hall–Kier alpha value is -1.90. The zero-order valence-corrected chi connectivity index (χ0v) is 18.1. The van der Waals surface area contributed by atoms with E-state index < -0.39 is 15.9 Å². The Kier molecular flexibility index (Phi) is 5.68. The number of nitrogens with one attached hydrogen (secondary N) is 2. The van der Waals surface area contributed by atoms with Crippen LogP contribution in [0.5, 0.6) is 0 Å². The number of sulfone groups is 1. The van der Waals surface area contributed by atoms with Crippen molar-refractivity contribution in [1.82, 2.24) is 5.32 Å². The van der Waals surface area contributed by atoms with Crippen LogP contribution in [0, 0.1) is 0 Å². The minimum Gasteiger partial charge on any atom is -0.348 e. The number of fused-ring (bicyclic) bond motifs is 1. The van der Waals surface area contributed by atoms with E-state index in [4.69, 9.17) is 11.6 Å². The average molecular weight is 453 g/mol. The van der Waals surface area contributed by atoms with Crippen LogP contribution in [0.25, 0.3) is 0 Å². The van der Waals surface area contributed by atoms with Gasteiger partial charge in [-0.3, -0.25) is 9.59 Å². The van der Waals surface area contributed by atoms with Gasteiger partial charge < -0.3 is 10.6 Å². The first-order valence-corrected chi connectivity index (χ1v) is 12.6. The molecule has 1 atom stereocenters. The van der Waals surface area contributed by atoms with Gasteiger partial charge in [-0.25, -0.2) is 8.42 Å². The number of amides is 2. The lowest BCUT2D eigenvalue weighted by Gasteiger charge is -2.15. The summed E-state index contributed by atoms with van der Waals surface area (Å²) in [5.41, 5.74) is 1.78. The minimum atomic E-state index is -3.09. The molecule has 0 radical (unpaired) electrons. The van der Waals surface area contributed by atoms with E-state index in [1.165, 1.54) is 11.3 Å². The fourth-order valence-corrected chi connectivity index (χ4v) is 7.05. The second-order valence-corrected chi connectivity index (χ2v) is 11.2. The molecule has 29 heavy (non-hydrogen) atoms. The monoisotopic (exact) mass is 452 g/mol. The van der Waals surface area contributed by atoms with Crippen LogP contribution in [-0.2, 0) is 22.7 Å². The summed E-state index contributed by atoms with van der Waals surface area (Å²) < 4.78 is 23.4. The minimum absolute atomic E-state index is 0.0353. The van der Waals surface area contributed by atoms with Crippen molar-refractivity contribution in [3.05, 3.63) is 50.9 Å². The highest BCUT2D eigenvalue weighted by molar-refractivity contribution is 7.91. The third-order valence-corrected chi connectivity index (χ3v) is 8.62. The molecule has 0 bridgehead atoms. The normalized spacial score (nSPS) is 20.1. The number of aryl methyl sites for hydroxylation is 1. The largest absolute Gasteiger partial charge is 0.348 e. The van der Waals surface area contributed by atoms with Crippen molar-refractivity contribution in [3.8, 4) is 0 Å². The van der Waals surface area contributed by atoms with Gasteiger partial charge in [0.1, 0.15) is 5.00 Å². The number of rotatable bonds is 4. The lowest BCUT2D eigenvalue weighted by molar-refractivity contribution is 0.0941. The van der Waals surface area contributed by atoms with E-state index in [2.05, 4.69) is 10.6 Å². The Bertz CT molecular complexity index is 1080. The summed E-state index contributed by atoms with van der Waals surface area (Å²) in [7, 11) is -3.09. The standard InChI is InChI=1S/C20H21ClN2O4S2/c21-15-7-3-1-5-13(15)18(24)23-20-17(14-6-2-4-8-16(14)28-20)19(25)22-12-9-10-29(26,27)11-12/h1,3,5,7,12H,2,4,6,8-11H2,(H,22,25)(H,23,24). The van der Waals surface area contributed by atoms with Crippen molar-refractivity contribution < 1.29 is 18.0 Å². The maximum absolute atomic E-state index is 13.1. The zero-order valence-electron chi connectivity index (χ0n) is 15.7. The molecule has 2 N–H and O–H groups in total. The van der Waals surface area contributed by atoms with Crippen molar-refractivity contribution >= 4 is 49.6 Å². The number of carbonyl (C=O) groups is 2. The Labute approximate surface area is 178 Å². The molecule has 2 aromatic rings. The first-order chi connectivity index (χ1) is 13.8. The van der Waals surface area contributed by atoms with Crippen LogP contribution >= 0.6 is 22.9 Å². The van der Waals surface area contributed by atoms with Gasteiger partial charge in [0.15, 0.2) is 9.84 Å². The highest BCUT2D eigenvalue weighted by atomic mass is 35.5. The number of thiophene rings is 1. The van der Waals surface area contributed by atoms with Gasteiger partial charge in [-0.2, -0.15) is 0 Å². The third kappa shape index (κ3) is 4.34. The molecule has 4 rings (SSSR count). The second kappa shape index (κ2) is 8.08. The maximum atomic E-state index is 13.1. The Morgan fingerprint density at radius 3 is 2.59 bits per heavy atom. The molecular formula is C20H21ClN2O4S2. The summed E-state index contributed by atoms with van der Waals surface area (Å²) in [4.78, 5) is 26.9. The number of hydrogen-bond acceptors (Lipinski definition) is 5. The van der Waals surface area contributed by atoms with E-state index in [1.807, 2.05) is 0 Å². The van der Waals surface area contributed by atoms with Crippen LogP contribution in [0.4, 0.5) is 5.00 Å². The smallest absolute Gasteiger partial charge is 0.257 e. The number of hydrogen-bond donors (Lipinski definition) is 2. The Morgan fingerprint density at radius 2 is 1.86 bits per heavy atom. The predicted octanol–water partition coefficient (Wildman–Crippen LogP) is 3.45. The highest BCUT2D eigenvalue weighted by Crippen LogP contribution is 2.38. The molecule has 1 aliphatic carbocycles. The van der Waals surface area contributed by atoms with Crippen molar-refractivity contribution in [3.63, 3.8) is 0 Å². The van der Waals surface area contributed by atoms with E-state index in [0.29, 0.717) is 27.6 Å². The lowest BCUT2D eigenvalue weighted by Crippen LogP contribution is -2.36. The lowest BCUT2D eigenvalue weighted by atomic mass is 9.95. The van der Waals surface area contributed by atoms with Crippen LogP contribution in [-0.4, -0.2) is 37.8 Å². The third-order valence-electron chi connectivity index (χ3n) is 5.31. The molecule has 2 aliphatic rings. The summed E-state index contributed by atoms with van der Waals surface area (Å²) in [6, 6.07) is 6.36. The summed E-state index contributed by atoms with van der Waals surface area (Å²) in [5, 5.41) is 6.57. The van der Waals surface area contributed by atoms with Crippen LogP contribution < -0.4 is 10.6 Å². The molecule has 1 aromatic carbocycles. The molecule has 1 unspecified atom stereocenters. The van der Waals surface area contributed by atoms with Crippen molar-refractivity contribution in [2.75, 3.05) is 16.8 Å². The summed E-state index contributed by atoms with van der Waals surface area (Å²) in [5.74, 6) is -0.630. The second-order valence-electron chi connectivity index (χ2n) is 7.42. The van der Waals surface area contributed by atoms with Gasteiger partial charge in [-0.05, 0) is 49.8 Å². The number of halogens is 1. The van der Waals surface area contributed by atoms with Gasteiger partial charge >= 0.3 is 0 Å². The maximum Gasteiger partial charge on any atom is 0.257 e. The molecule has 1 aromatic heterocycles. The van der Waals surface area contributed by atoms with Crippen LogP contribution in [0.1, 0.15) is 50.4 Å². The molecular weight excluding hydrogens is 432 g/mol. The van der Waals surface area contributed by atoms with Gasteiger partial charge in [0.2, 0.25) is 0 Å². The Balaban J connectivity index is 1.62. The molecule has 1 aliphatic heterocycles. The van der Waals surface area contributed by atoms with E-state index in [1.54, 1.807) is 24.3 Å². The molecule has 1 saturated heterocycles. The molecule has 0 saturated carbocycles. The van der Waals surface area contributed by atoms with Crippen molar-refractivity contribution in [2.24, 2.45) is 0 Å². The van der Waals surface area contributed by atoms with E-state index in [0.717, 1.165) is 36.1 Å². The van der Waals surface area contributed by atoms with E-state index in [9.17, 15) is 18.0 Å². The van der Waals surface area contributed by atoms with Gasteiger partial charge in [0.25, 0.3) is 11.8 Å². The summed E-state index contributed by atoms with van der Waals surface area (Å²) in [6.07, 6.45) is 4.11. The molecule has 0 spiro atoms. The van der Waals surface area contributed by atoms with Crippen LogP contribution in [0.2, 0.25) is 5.02 Å². The summed E-state index contributed by atoms with van der Waals surface area (Å²) >= 11 is 7.56. The highest BCUT2D eigenvalue weighted by Gasteiger charge is 2.32. The zero-order chi connectivity index (χ0) is 20.6. The molecule has 2 amide bonds. The van der Waals surface area contributed by atoms with Crippen LogP contribution in [0.3, 0.4) is 0 Å². The van der Waals surface area contributed by atoms with Gasteiger partial charge in [0, 0.05) is 10.9 Å². The first-order valence-electron chi connectivity index (χ1n) is 9.56. The molecule has 9 heteroatoms. The van der Waals surface area contributed by atoms with Gasteiger partial charge in [-0.15, -0.1) is 11.3 Å². The van der Waals surface area contributed by atoms with Gasteiger partial charge in [-0.1, -0.05) is 23.7 Å². The van der Waals surface area contributed by atoms with Crippen molar-refractivity contribution in [2.45, 2.75) is 38.1 Å². The number of anilines is 1. The van der Waals surface area contributed by atoms with Gasteiger partial charge in [0.05, 0.1) is 27.7 Å². The molecule has 2 heterocycles. The first kappa shape index (κ1) is 20.4. The fraction of sp³-hybridized carbons (Fsp3) is 0.400. The molecule has 6 nitrogen and oxygen atoms in total. The quantitative estimate of drug-likeness (QED) is 0.743. The fourth-order valence-electron chi connectivity index (χ4n) is 3.88. The van der Waals surface area contributed by atoms with Crippen LogP contribution in [0.15, 0.2) is 24.3 Å². The molecule has 154 valence electrons. The average Bonchev–Trinajstić information content (AvgIpc) is 3.20. The van der Waals surface area contributed by atoms with E-state index >= 15 is 0 Å². The topological polar surface area (TPSA) is 92.3 Å². The Morgan fingerprint density at radius 1 is 1.10 bits per heavy atom. The summed E-state index contributed by atoms with van der Waals surface area (Å²) in [6.45, 7) is 0. The SMILES string of the molecule is O=C(Nc1sc2c(c1C(=O)NC1CCS(=O)(=O)C1)CCCC2)c1ccccc1Cl. The molecule has 1 fully saturated rings. The van der Waals surface area contributed by atoms with E-state index in [-0.39, 0.29) is 23.3 Å². The number of carbonyl (C=O) groups excluding carboxylic acids is 2. The number of benzene rings is 1. The predicted molar refractivity (Wildman–Crippen MR) is 115 cm³/mol.